The van der Waals surface area contributed by atoms with Crippen molar-refractivity contribution >= 4 is 0 Å². The lowest BCUT2D eigenvalue weighted by molar-refractivity contribution is -0.0645. The molecule has 1 fully saturated rings. The molecule has 1 aliphatic carbocycles. The van der Waals surface area contributed by atoms with E-state index in [0.29, 0.717) is 12.7 Å². The molecule has 3 heteroatoms. The van der Waals surface area contributed by atoms with Gasteiger partial charge in [0.15, 0.2) is 0 Å². The summed E-state index contributed by atoms with van der Waals surface area (Å²) in [4.78, 5) is 0. The van der Waals surface area contributed by atoms with Gasteiger partial charge in [-0.3, -0.25) is 0 Å². The first-order valence-corrected chi connectivity index (χ1v) is 7.81. The summed E-state index contributed by atoms with van der Waals surface area (Å²) in [5.74, 6) is 0.943. The van der Waals surface area contributed by atoms with Crippen LogP contribution in [0, 0.1) is 0 Å². The lowest BCUT2D eigenvalue weighted by Crippen LogP contribution is -2.43. The summed E-state index contributed by atoms with van der Waals surface area (Å²) >= 11 is 0. The molecule has 1 unspecified atom stereocenters. The molecule has 0 spiro atoms. The van der Waals surface area contributed by atoms with Gasteiger partial charge in [0.25, 0.3) is 0 Å². The minimum atomic E-state index is -0.270. The van der Waals surface area contributed by atoms with Crippen LogP contribution in [0.5, 0.6) is 5.75 Å². The monoisotopic (exact) mass is 277 g/mol. The van der Waals surface area contributed by atoms with E-state index in [2.05, 4.69) is 26.0 Å². The Morgan fingerprint density at radius 2 is 1.75 bits per heavy atom. The minimum Gasteiger partial charge on any atom is -0.490 e. The van der Waals surface area contributed by atoms with E-state index >= 15 is 0 Å². The fourth-order valence-electron chi connectivity index (χ4n) is 2.71. The van der Waals surface area contributed by atoms with Gasteiger partial charge < -0.3 is 15.2 Å². The van der Waals surface area contributed by atoms with Gasteiger partial charge >= 0.3 is 0 Å². The molecule has 112 valence electrons. The van der Waals surface area contributed by atoms with Crippen molar-refractivity contribution in [2.75, 3.05) is 6.61 Å². The van der Waals surface area contributed by atoms with Crippen molar-refractivity contribution < 1.29 is 9.47 Å². The third-order valence-electron chi connectivity index (χ3n) is 4.26. The molecular weight excluding hydrogens is 250 g/mol. The topological polar surface area (TPSA) is 44.5 Å². The molecule has 0 aliphatic heterocycles. The molecule has 2 N–H and O–H groups in total. The van der Waals surface area contributed by atoms with Crippen LogP contribution in [0.15, 0.2) is 24.3 Å². The molecule has 1 atom stereocenters. The molecule has 3 nitrogen and oxygen atoms in total. The normalized spacial score (nSPS) is 17.0. The van der Waals surface area contributed by atoms with Crippen LogP contribution >= 0.6 is 0 Å². The van der Waals surface area contributed by atoms with Gasteiger partial charge in [-0.2, -0.15) is 0 Å². The van der Waals surface area contributed by atoms with Crippen molar-refractivity contribution in [1.82, 2.24) is 0 Å². The molecule has 0 amide bonds. The van der Waals surface area contributed by atoms with Crippen LogP contribution in [0.25, 0.3) is 0 Å². The SMILES string of the molecule is CCOC(CC)(CC)C(N)c1ccc(OC2CC2)cc1. The van der Waals surface area contributed by atoms with Gasteiger partial charge in [0, 0.05) is 6.61 Å². The number of hydrogen-bond acceptors (Lipinski definition) is 3. The first kappa shape index (κ1) is 15.3. The first-order chi connectivity index (χ1) is 9.65. The van der Waals surface area contributed by atoms with E-state index in [1.54, 1.807) is 0 Å². The van der Waals surface area contributed by atoms with E-state index in [1.807, 2.05) is 19.1 Å². The number of rotatable bonds is 8. The molecule has 1 aromatic rings. The molecule has 0 radical (unpaired) electrons. The highest BCUT2D eigenvalue weighted by Gasteiger charge is 2.35. The summed E-state index contributed by atoms with van der Waals surface area (Å²) in [5, 5.41) is 0. The predicted octanol–water partition coefficient (Wildman–Crippen LogP) is 3.82. The van der Waals surface area contributed by atoms with Crippen molar-refractivity contribution in [3.05, 3.63) is 29.8 Å². The summed E-state index contributed by atoms with van der Waals surface area (Å²) in [6.45, 7) is 7.00. The fourth-order valence-corrected chi connectivity index (χ4v) is 2.71. The smallest absolute Gasteiger partial charge is 0.119 e. The summed E-state index contributed by atoms with van der Waals surface area (Å²) in [6, 6.07) is 8.08. The van der Waals surface area contributed by atoms with E-state index in [9.17, 15) is 0 Å². The van der Waals surface area contributed by atoms with E-state index < -0.39 is 0 Å². The maximum atomic E-state index is 6.48. The second-order valence-corrected chi connectivity index (χ2v) is 5.57. The predicted molar refractivity (Wildman–Crippen MR) is 82.0 cm³/mol. The van der Waals surface area contributed by atoms with Crippen molar-refractivity contribution in [2.45, 2.75) is 64.2 Å². The zero-order valence-corrected chi connectivity index (χ0v) is 12.9. The van der Waals surface area contributed by atoms with Gasteiger partial charge in [-0.05, 0) is 50.3 Å². The van der Waals surface area contributed by atoms with E-state index in [0.717, 1.165) is 24.2 Å². The third-order valence-corrected chi connectivity index (χ3v) is 4.26. The third kappa shape index (κ3) is 3.33. The minimum absolute atomic E-state index is 0.104. The van der Waals surface area contributed by atoms with Crippen molar-refractivity contribution in [1.29, 1.82) is 0 Å². The van der Waals surface area contributed by atoms with Crippen LogP contribution in [-0.2, 0) is 4.74 Å². The highest BCUT2D eigenvalue weighted by Crippen LogP contribution is 2.35. The number of hydrogen-bond donors (Lipinski definition) is 1. The second-order valence-electron chi connectivity index (χ2n) is 5.57. The number of nitrogens with two attached hydrogens (primary N) is 1. The zero-order valence-electron chi connectivity index (χ0n) is 12.9. The van der Waals surface area contributed by atoms with Crippen LogP contribution in [0.3, 0.4) is 0 Å². The van der Waals surface area contributed by atoms with Crippen LogP contribution in [0.2, 0.25) is 0 Å². The molecule has 0 bridgehead atoms. The Balaban J connectivity index is 2.11. The average Bonchev–Trinajstić information content (AvgIpc) is 3.29. The zero-order chi connectivity index (χ0) is 14.6. The van der Waals surface area contributed by atoms with Crippen molar-refractivity contribution in [3.8, 4) is 5.75 Å². The highest BCUT2D eigenvalue weighted by molar-refractivity contribution is 5.31. The van der Waals surface area contributed by atoms with Crippen LogP contribution in [-0.4, -0.2) is 18.3 Å². The molecule has 0 saturated heterocycles. The maximum Gasteiger partial charge on any atom is 0.119 e. The molecule has 0 heterocycles. The van der Waals surface area contributed by atoms with Crippen molar-refractivity contribution in [3.63, 3.8) is 0 Å². The summed E-state index contributed by atoms with van der Waals surface area (Å²) < 4.78 is 11.8. The van der Waals surface area contributed by atoms with E-state index in [4.69, 9.17) is 15.2 Å². The molecule has 0 aromatic heterocycles. The Morgan fingerprint density at radius 3 is 2.20 bits per heavy atom. The van der Waals surface area contributed by atoms with Gasteiger partial charge in [-0.1, -0.05) is 26.0 Å². The highest BCUT2D eigenvalue weighted by atomic mass is 16.5. The van der Waals surface area contributed by atoms with E-state index in [-0.39, 0.29) is 11.6 Å². The standard InChI is InChI=1S/C17H27NO2/c1-4-17(5-2,19-6-3)16(18)13-7-9-14(10-8-13)20-15-11-12-15/h7-10,15-16H,4-6,11-12,18H2,1-3H3. The number of benzene rings is 1. The van der Waals surface area contributed by atoms with Gasteiger partial charge in [-0.25, -0.2) is 0 Å². The van der Waals surface area contributed by atoms with Gasteiger partial charge in [-0.15, -0.1) is 0 Å². The largest absolute Gasteiger partial charge is 0.490 e. The van der Waals surface area contributed by atoms with E-state index in [1.165, 1.54) is 12.8 Å². The molecule has 1 aromatic carbocycles. The van der Waals surface area contributed by atoms with Crippen molar-refractivity contribution in [2.24, 2.45) is 5.73 Å². The molecule has 1 saturated carbocycles. The first-order valence-electron chi connectivity index (χ1n) is 7.81. The Hall–Kier alpha value is -1.06. The van der Waals surface area contributed by atoms with Gasteiger partial charge in [0.2, 0.25) is 0 Å². The number of ether oxygens (including phenoxy) is 2. The van der Waals surface area contributed by atoms with Crippen LogP contribution in [0.4, 0.5) is 0 Å². The van der Waals surface area contributed by atoms with Crippen LogP contribution < -0.4 is 10.5 Å². The van der Waals surface area contributed by atoms with Gasteiger partial charge in [0.05, 0.1) is 17.7 Å². The molecule has 20 heavy (non-hydrogen) atoms. The second kappa shape index (κ2) is 6.59. The Bertz CT molecular complexity index is 408. The Morgan fingerprint density at radius 1 is 1.15 bits per heavy atom. The maximum absolute atomic E-state index is 6.48. The summed E-state index contributed by atoms with van der Waals surface area (Å²) in [6.07, 6.45) is 4.63. The van der Waals surface area contributed by atoms with Gasteiger partial charge in [0.1, 0.15) is 5.75 Å². The Kier molecular flexibility index (Phi) is 5.06. The molecule has 1 aliphatic rings. The average molecular weight is 277 g/mol. The summed E-state index contributed by atoms with van der Waals surface area (Å²) in [5.41, 5.74) is 7.32. The Labute approximate surface area is 122 Å². The molecule has 2 rings (SSSR count). The molecular formula is C17H27NO2. The quantitative estimate of drug-likeness (QED) is 0.785. The lowest BCUT2D eigenvalue weighted by atomic mass is 9.84. The lowest BCUT2D eigenvalue weighted by Gasteiger charge is -2.37. The fraction of sp³-hybridized carbons (Fsp3) is 0.647. The van der Waals surface area contributed by atoms with Crippen LogP contribution in [0.1, 0.15) is 58.1 Å². The summed E-state index contributed by atoms with van der Waals surface area (Å²) in [7, 11) is 0.